The second kappa shape index (κ2) is 8.05. The minimum atomic E-state index is -0.0840. The van der Waals surface area contributed by atoms with Gasteiger partial charge in [0.25, 0.3) is 0 Å². The Morgan fingerprint density at radius 3 is 2.85 bits per heavy atom. The molecule has 1 fully saturated rings. The zero-order chi connectivity index (χ0) is 14.2. The average Bonchev–Trinajstić information content (AvgIpc) is 2.94. The third-order valence-electron chi connectivity index (χ3n) is 3.96. The first-order chi connectivity index (χ1) is 9.79. The molecule has 1 saturated heterocycles. The number of carbonyl (C=O) groups is 1. The third-order valence-corrected chi connectivity index (χ3v) is 3.96. The molecule has 0 saturated carbocycles. The number of aryl methyl sites for hydroxylation is 1. The predicted molar refractivity (Wildman–Crippen MR) is 80.5 cm³/mol. The molecule has 20 heavy (non-hydrogen) atoms. The van der Waals surface area contributed by atoms with Crippen LogP contribution >= 0.6 is 0 Å². The topological polar surface area (TPSA) is 38.3 Å². The standard InChI is InChI=1S/C17H25NO2/c1-2-20-17(19)16-12-15(13-18-16)11-7-6-10-14-8-4-3-5-9-14/h3-5,8-9,15-16,18H,2,6-7,10-13H2,1H3/t15-,16-/m0/s1. The molecule has 3 nitrogen and oxygen atoms in total. The second-order valence-electron chi connectivity index (χ2n) is 5.55. The summed E-state index contributed by atoms with van der Waals surface area (Å²) in [5.41, 5.74) is 1.42. The van der Waals surface area contributed by atoms with E-state index in [0.717, 1.165) is 19.4 Å². The minimum Gasteiger partial charge on any atom is -0.465 e. The van der Waals surface area contributed by atoms with Crippen molar-refractivity contribution < 1.29 is 9.53 Å². The highest BCUT2D eigenvalue weighted by Crippen LogP contribution is 2.21. The summed E-state index contributed by atoms with van der Waals surface area (Å²) in [7, 11) is 0. The van der Waals surface area contributed by atoms with Crippen LogP contribution in [0.3, 0.4) is 0 Å². The number of rotatable bonds is 7. The predicted octanol–water partition coefficient (Wildman–Crippen LogP) is 2.94. The van der Waals surface area contributed by atoms with Crippen molar-refractivity contribution in [1.82, 2.24) is 5.32 Å². The van der Waals surface area contributed by atoms with Crippen molar-refractivity contribution >= 4 is 5.97 Å². The fourth-order valence-corrected chi connectivity index (χ4v) is 2.86. The third kappa shape index (κ3) is 4.64. The molecule has 2 atom stereocenters. The van der Waals surface area contributed by atoms with Gasteiger partial charge in [-0.2, -0.15) is 0 Å². The van der Waals surface area contributed by atoms with E-state index in [1.807, 2.05) is 6.92 Å². The molecule has 2 rings (SSSR count). The van der Waals surface area contributed by atoms with E-state index in [-0.39, 0.29) is 12.0 Å². The molecule has 0 spiro atoms. The molecule has 1 aromatic carbocycles. The number of ether oxygens (including phenoxy) is 1. The molecule has 0 amide bonds. The number of nitrogens with one attached hydrogen (secondary N) is 1. The quantitative estimate of drug-likeness (QED) is 0.614. The number of unbranched alkanes of at least 4 members (excludes halogenated alkanes) is 1. The van der Waals surface area contributed by atoms with Gasteiger partial charge >= 0.3 is 5.97 Å². The Morgan fingerprint density at radius 1 is 1.30 bits per heavy atom. The molecular formula is C17H25NO2. The van der Waals surface area contributed by atoms with Crippen LogP contribution in [0, 0.1) is 5.92 Å². The fourth-order valence-electron chi connectivity index (χ4n) is 2.86. The van der Waals surface area contributed by atoms with E-state index in [0.29, 0.717) is 12.5 Å². The van der Waals surface area contributed by atoms with E-state index in [9.17, 15) is 4.79 Å². The van der Waals surface area contributed by atoms with Gasteiger partial charge in [-0.1, -0.05) is 36.8 Å². The molecule has 1 aromatic rings. The van der Waals surface area contributed by atoms with Crippen LogP contribution in [0.4, 0.5) is 0 Å². The zero-order valence-electron chi connectivity index (χ0n) is 12.3. The number of esters is 1. The van der Waals surface area contributed by atoms with E-state index in [1.165, 1.54) is 24.8 Å². The van der Waals surface area contributed by atoms with Crippen LogP contribution < -0.4 is 5.32 Å². The monoisotopic (exact) mass is 275 g/mol. The highest BCUT2D eigenvalue weighted by atomic mass is 16.5. The minimum absolute atomic E-state index is 0.0749. The van der Waals surface area contributed by atoms with Gasteiger partial charge in [-0.05, 0) is 50.6 Å². The van der Waals surface area contributed by atoms with Crippen molar-refractivity contribution in [1.29, 1.82) is 0 Å². The molecule has 1 aliphatic rings. The van der Waals surface area contributed by atoms with E-state index >= 15 is 0 Å². The molecule has 0 bridgehead atoms. The van der Waals surface area contributed by atoms with E-state index in [4.69, 9.17) is 4.74 Å². The summed E-state index contributed by atoms with van der Waals surface area (Å²) in [4.78, 5) is 11.6. The highest BCUT2D eigenvalue weighted by molar-refractivity contribution is 5.76. The van der Waals surface area contributed by atoms with Crippen LogP contribution in [-0.4, -0.2) is 25.2 Å². The summed E-state index contributed by atoms with van der Waals surface area (Å²) in [6, 6.07) is 10.6. The lowest BCUT2D eigenvalue weighted by Crippen LogP contribution is -2.32. The van der Waals surface area contributed by atoms with Crippen molar-refractivity contribution in [3.63, 3.8) is 0 Å². The summed E-state index contributed by atoms with van der Waals surface area (Å²) >= 11 is 0. The molecule has 0 aliphatic carbocycles. The number of benzene rings is 1. The summed E-state index contributed by atoms with van der Waals surface area (Å²) in [5.74, 6) is 0.541. The molecule has 1 N–H and O–H groups in total. The summed E-state index contributed by atoms with van der Waals surface area (Å²) < 4.78 is 5.06. The largest absolute Gasteiger partial charge is 0.465 e. The van der Waals surface area contributed by atoms with Gasteiger partial charge in [-0.3, -0.25) is 4.79 Å². The van der Waals surface area contributed by atoms with E-state index in [1.54, 1.807) is 0 Å². The molecular weight excluding hydrogens is 250 g/mol. The molecule has 0 aromatic heterocycles. The first-order valence-corrected chi connectivity index (χ1v) is 7.73. The van der Waals surface area contributed by atoms with Gasteiger partial charge in [0.1, 0.15) is 6.04 Å². The van der Waals surface area contributed by atoms with Crippen molar-refractivity contribution in [2.75, 3.05) is 13.2 Å². The van der Waals surface area contributed by atoms with Gasteiger partial charge in [0.2, 0.25) is 0 Å². The normalized spacial score (nSPS) is 21.9. The molecule has 3 heteroatoms. The van der Waals surface area contributed by atoms with Crippen LogP contribution in [0.5, 0.6) is 0 Å². The SMILES string of the molecule is CCOC(=O)[C@@H]1C[C@H](CCCCc2ccccc2)CN1. The maximum atomic E-state index is 11.6. The van der Waals surface area contributed by atoms with Gasteiger partial charge in [0, 0.05) is 0 Å². The average molecular weight is 275 g/mol. The lowest BCUT2D eigenvalue weighted by molar-refractivity contribution is -0.145. The first-order valence-electron chi connectivity index (χ1n) is 7.73. The van der Waals surface area contributed by atoms with Crippen molar-refractivity contribution in [3.05, 3.63) is 35.9 Å². The Hall–Kier alpha value is -1.35. The van der Waals surface area contributed by atoms with Crippen LogP contribution in [0.1, 0.15) is 38.2 Å². The van der Waals surface area contributed by atoms with Gasteiger partial charge in [-0.15, -0.1) is 0 Å². The van der Waals surface area contributed by atoms with Gasteiger partial charge < -0.3 is 10.1 Å². The molecule has 1 aliphatic heterocycles. The maximum absolute atomic E-state index is 11.6. The van der Waals surface area contributed by atoms with Crippen molar-refractivity contribution in [2.45, 2.75) is 45.1 Å². The first kappa shape index (κ1) is 15.0. The Labute approximate surface area is 121 Å². The molecule has 0 radical (unpaired) electrons. The van der Waals surface area contributed by atoms with Gasteiger partial charge in [-0.25, -0.2) is 0 Å². The molecule has 1 heterocycles. The smallest absolute Gasteiger partial charge is 0.323 e. The molecule has 110 valence electrons. The Kier molecular flexibility index (Phi) is 6.06. The van der Waals surface area contributed by atoms with E-state index in [2.05, 4.69) is 35.6 Å². The molecule has 0 unspecified atom stereocenters. The Balaban J connectivity index is 1.60. The van der Waals surface area contributed by atoms with Crippen molar-refractivity contribution in [2.24, 2.45) is 5.92 Å². The zero-order valence-corrected chi connectivity index (χ0v) is 12.3. The summed E-state index contributed by atoms with van der Waals surface area (Å²) in [5, 5.41) is 3.28. The van der Waals surface area contributed by atoms with Crippen LogP contribution in [-0.2, 0) is 16.0 Å². The lowest BCUT2D eigenvalue weighted by atomic mass is 9.97. The Bertz CT molecular complexity index is 405. The van der Waals surface area contributed by atoms with Crippen LogP contribution in [0.2, 0.25) is 0 Å². The summed E-state index contributed by atoms with van der Waals surface area (Å²) in [6.07, 6.45) is 5.75. The van der Waals surface area contributed by atoms with Gasteiger partial charge in [0.05, 0.1) is 6.61 Å². The lowest BCUT2D eigenvalue weighted by Gasteiger charge is -2.09. The fraction of sp³-hybridized carbons (Fsp3) is 0.588. The van der Waals surface area contributed by atoms with Gasteiger partial charge in [0.15, 0.2) is 0 Å². The maximum Gasteiger partial charge on any atom is 0.323 e. The van der Waals surface area contributed by atoms with Crippen molar-refractivity contribution in [3.8, 4) is 0 Å². The van der Waals surface area contributed by atoms with Crippen LogP contribution in [0.15, 0.2) is 30.3 Å². The highest BCUT2D eigenvalue weighted by Gasteiger charge is 2.29. The number of carbonyl (C=O) groups excluding carboxylic acids is 1. The number of hydrogen-bond acceptors (Lipinski definition) is 3. The van der Waals surface area contributed by atoms with Crippen LogP contribution in [0.25, 0.3) is 0 Å². The van der Waals surface area contributed by atoms with E-state index < -0.39 is 0 Å². The second-order valence-corrected chi connectivity index (χ2v) is 5.55. The Morgan fingerprint density at radius 2 is 2.10 bits per heavy atom. The number of hydrogen-bond donors (Lipinski definition) is 1. The summed E-state index contributed by atoms with van der Waals surface area (Å²) in [6.45, 7) is 3.28.